The minimum Gasteiger partial charge on any atom is -0.303 e. The van der Waals surface area contributed by atoms with E-state index in [1.54, 1.807) is 0 Å². The van der Waals surface area contributed by atoms with Crippen LogP contribution < -0.4 is 0 Å². The van der Waals surface area contributed by atoms with E-state index in [0.29, 0.717) is 11.8 Å². The molecular weight excluding hydrogens is 124 g/mol. The van der Waals surface area contributed by atoms with Crippen LogP contribution in [-0.4, -0.2) is 6.29 Å². The van der Waals surface area contributed by atoms with Crippen molar-refractivity contribution in [3.63, 3.8) is 0 Å². The summed E-state index contributed by atoms with van der Waals surface area (Å²) in [5.74, 6) is 0.905. The smallest absolute Gasteiger partial charge is 0.123 e. The van der Waals surface area contributed by atoms with E-state index in [9.17, 15) is 4.79 Å². The Kier molecular flexibility index (Phi) is 2.25. The highest BCUT2D eigenvalue weighted by molar-refractivity contribution is 5.54. The molecule has 2 unspecified atom stereocenters. The van der Waals surface area contributed by atoms with Gasteiger partial charge in [-0.05, 0) is 25.7 Å². The molecule has 0 aromatic carbocycles. The lowest BCUT2D eigenvalue weighted by atomic mass is 9.84. The average Bonchev–Trinajstić information content (AvgIpc) is 1.95. The van der Waals surface area contributed by atoms with Gasteiger partial charge in [-0.1, -0.05) is 18.6 Å². The first-order valence-corrected chi connectivity index (χ1v) is 3.86. The fourth-order valence-corrected chi connectivity index (χ4v) is 1.39. The van der Waals surface area contributed by atoms with E-state index in [-0.39, 0.29) is 0 Å². The van der Waals surface area contributed by atoms with Gasteiger partial charge in [0.1, 0.15) is 6.29 Å². The molecule has 1 heteroatoms. The molecule has 0 aliphatic heterocycles. The van der Waals surface area contributed by atoms with Gasteiger partial charge >= 0.3 is 0 Å². The molecule has 0 fully saturated rings. The Balaban J connectivity index is 2.59. The van der Waals surface area contributed by atoms with Gasteiger partial charge in [0.05, 0.1) is 0 Å². The van der Waals surface area contributed by atoms with Crippen LogP contribution in [0.1, 0.15) is 26.7 Å². The average molecular weight is 138 g/mol. The van der Waals surface area contributed by atoms with E-state index in [4.69, 9.17) is 0 Å². The van der Waals surface area contributed by atoms with Crippen molar-refractivity contribution in [1.82, 2.24) is 0 Å². The molecule has 1 aliphatic rings. The molecule has 56 valence electrons. The van der Waals surface area contributed by atoms with Crippen LogP contribution in [0, 0.1) is 11.8 Å². The Morgan fingerprint density at radius 3 is 2.90 bits per heavy atom. The van der Waals surface area contributed by atoms with Gasteiger partial charge in [0.25, 0.3) is 0 Å². The molecule has 1 aliphatic carbocycles. The summed E-state index contributed by atoms with van der Waals surface area (Å²) in [4.78, 5) is 10.4. The number of rotatable bonds is 1. The standard InChI is InChI=1S/C9H14O/c1-7-3-4-9(6-10)5-8(7)2/h3,6,8-9H,4-5H2,1-2H3. The van der Waals surface area contributed by atoms with Crippen LogP contribution in [0.15, 0.2) is 11.6 Å². The van der Waals surface area contributed by atoms with Crippen molar-refractivity contribution in [2.24, 2.45) is 11.8 Å². The fourth-order valence-electron chi connectivity index (χ4n) is 1.39. The quantitative estimate of drug-likeness (QED) is 0.401. The first-order chi connectivity index (χ1) is 4.74. The van der Waals surface area contributed by atoms with Gasteiger partial charge in [-0.15, -0.1) is 0 Å². The molecule has 0 saturated carbocycles. The van der Waals surface area contributed by atoms with E-state index in [0.717, 1.165) is 19.1 Å². The van der Waals surface area contributed by atoms with Gasteiger partial charge in [-0.2, -0.15) is 0 Å². The highest BCUT2D eigenvalue weighted by Crippen LogP contribution is 2.26. The van der Waals surface area contributed by atoms with Crippen molar-refractivity contribution in [3.8, 4) is 0 Å². The minimum absolute atomic E-state index is 0.290. The summed E-state index contributed by atoms with van der Waals surface area (Å²) in [6, 6.07) is 0. The van der Waals surface area contributed by atoms with Crippen LogP contribution in [0.4, 0.5) is 0 Å². The van der Waals surface area contributed by atoms with E-state index in [1.807, 2.05) is 0 Å². The summed E-state index contributed by atoms with van der Waals surface area (Å²) in [6.45, 7) is 4.33. The Morgan fingerprint density at radius 1 is 1.70 bits per heavy atom. The third kappa shape index (κ3) is 1.47. The van der Waals surface area contributed by atoms with E-state index in [2.05, 4.69) is 19.9 Å². The SMILES string of the molecule is CC1=CCC(C=O)CC1C. The summed E-state index contributed by atoms with van der Waals surface area (Å²) < 4.78 is 0. The summed E-state index contributed by atoms with van der Waals surface area (Å²) in [5.41, 5.74) is 1.44. The Hall–Kier alpha value is -0.590. The molecule has 1 nitrogen and oxygen atoms in total. The number of carbonyl (C=O) groups is 1. The predicted octanol–water partition coefficient (Wildman–Crippen LogP) is 2.18. The van der Waals surface area contributed by atoms with Gasteiger partial charge in [0, 0.05) is 5.92 Å². The monoisotopic (exact) mass is 138 g/mol. The van der Waals surface area contributed by atoms with Crippen LogP contribution in [0.25, 0.3) is 0 Å². The zero-order valence-electron chi connectivity index (χ0n) is 6.63. The van der Waals surface area contributed by atoms with Gasteiger partial charge < -0.3 is 4.79 Å². The Morgan fingerprint density at radius 2 is 2.40 bits per heavy atom. The molecule has 0 aromatic heterocycles. The molecule has 0 aromatic rings. The summed E-state index contributed by atoms with van der Waals surface area (Å²) >= 11 is 0. The van der Waals surface area contributed by atoms with Crippen LogP contribution in [0.5, 0.6) is 0 Å². The third-order valence-corrected chi connectivity index (χ3v) is 2.37. The van der Waals surface area contributed by atoms with Crippen molar-refractivity contribution in [1.29, 1.82) is 0 Å². The fraction of sp³-hybridized carbons (Fsp3) is 0.667. The topological polar surface area (TPSA) is 17.1 Å². The van der Waals surface area contributed by atoms with Gasteiger partial charge in [-0.3, -0.25) is 0 Å². The number of allylic oxidation sites excluding steroid dienone is 2. The van der Waals surface area contributed by atoms with E-state index < -0.39 is 0 Å². The van der Waals surface area contributed by atoms with Crippen LogP contribution in [0.3, 0.4) is 0 Å². The van der Waals surface area contributed by atoms with Crippen LogP contribution in [-0.2, 0) is 4.79 Å². The van der Waals surface area contributed by atoms with Crippen LogP contribution >= 0.6 is 0 Å². The predicted molar refractivity (Wildman–Crippen MR) is 41.7 cm³/mol. The maximum absolute atomic E-state index is 10.4. The molecule has 0 amide bonds. The molecular formula is C9H14O. The number of hydrogen-bond donors (Lipinski definition) is 0. The second kappa shape index (κ2) is 3.00. The van der Waals surface area contributed by atoms with Crippen molar-refractivity contribution >= 4 is 6.29 Å². The first kappa shape index (κ1) is 7.52. The third-order valence-electron chi connectivity index (χ3n) is 2.37. The Bertz CT molecular complexity index is 158. The molecule has 10 heavy (non-hydrogen) atoms. The molecule has 0 spiro atoms. The Labute approximate surface area is 62.1 Å². The lowest BCUT2D eigenvalue weighted by molar-refractivity contribution is -0.111. The van der Waals surface area contributed by atoms with Gasteiger partial charge in [0.2, 0.25) is 0 Å². The molecule has 0 radical (unpaired) electrons. The van der Waals surface area contributed by atoms with Crippen molar-refractivity contribution in [2.45, 2.75) is 26.7 Å². The molecule has 0 bridgehead atoms. The van der Waals surface area contributed by atoms with Gasteiger partial charge in [0.15, 0.2) is 0 Å². The normalized spacial score (nSPS) is 33.2. The number of hydrogen-bond acceptors (Lipinski definition) is 1. The van der Waals surface area contributed by atoms with Crippen molar-refractivity contribution < 1.29 is 4.79 Å². The van der Waals surface area contributed by atoms with E-state index >= 15 is 0 Å². The summed E-state index contributed by atoms with van der Waals surface area (Å²) in [7, 11) is 0. The zero-order valence-corrected chi connectivity index (χ0v) is 6.63. The first-order valence-electron chi connectivity index (χ1n) is 3.86. The molecule has 2 atom stereocenters. The minimum atomic E-state index is 0.290. The van der Waals surface area contributed by atoms with E-state index in [1.165, 1.54) is 5.57 Å². The molecule has 0 heterocycles. The molecule has 0 saturated heterocycles. The largest absolute Gasteiger partial charge is 0.303 e. The highest BCUT2D eigenvalue weighted by atomic mass is 16.1. The molecule has 0 N–H and O–H groups in total. The van der Waals surface area contributed by atoms with Crippen LogP contribution in [0.2, 0.25) is 0 Å². The zero-order chi connectivity index (χ0) is 7.56. The summed E-state index contributed by atoms with van der Waals surface area (Å²) in [6.07, 6.45) is 5.28. The van der Waals surface area contributed by atoms with Crippen molar-refractivity contribution in [2.75, 3.05) is 0 Å². The van der Waals surface area contributed by atoms with Gasteiger partial charge in [-0.25, -0.2) is 0 Å². The summed E-state index contributed by atoms with van der Waals surface area (Å²) in [5, 5.41) is 0. The maximum Gasteiger partial charge on any atom is 0.123 e. The second-order valence-electron chi connectivity index (χ2n) is 3.22. The lowest BCUT2D eigenvalue weighted by Gasteiger charge is -2.21. The number of aldehydes is 1. The second-order valence-corrected chi connectivity index (χ2v) is 3.22. The van der Waals surface area contributed by atoms with Crippen molar-refractivity contribution in [3.05, 3.63) is 11.6 Å². The molecule has 1 rings (SSSR count). The maximum atomic E-state index is 10.4. The highest BCUT2D eigenvalue weighted by Gasteiger charge is 2.16. The number of carbonyl (C=O) groups excluding carboxylic acids is 1. The lowest BCUT2D eigenvalue weighted by Crippen LogP contribution is -2.12.